The lowest BCUT2D eigenvalue weighted by Crippen LogP contribution is -2.40. The van der Waals surface area contributed by atoms with Gasteiger partial charge in [0.1, 0.15) is 5.76 Å². The molecule has 2 fully saturated rings. The molecule has 0 radical (unpaired) electrons. The van der Waals surface area contributed by atoms with Gasteiger partial charge in [0.25, 0.3) is 0 Å². The monoisotopic (exact) mass is 318 g/mol. The summed E-state index contributed by atoms with van der Waals surface area (Å²) in [6, 6.07) is 0. The molecule has 0 amide bonds. The van der Waals surface area contributed by atoms with Gasteiger partial charge in [-0.15, -0.1) is 0 Å². The average Bonchev–Trinajstić information content (AvgIpc) is 3.42. The Kier molecular flexibility index (Phi) is 4.64. The number of nitrogens with one attached hydrogen (secondary N) is 2. The molecule has 0 aliphatic heterocycles. The molecule has 0 spiro atoms. The fourth-order valence-electron chi connectivity index (χ4n) is 3.10. The number of guanidine groups is 1. The molecule has 5 heteroatoms. The Bertz CT molecular complexity index is 538. The zero-order valence-corrected chi connectivity index (χ0v) is 14.9. The summed E-state index contributed by atoms with van der Waals surface area (Å²) in [7, 11) is 1.81. The lowest BCUT2D eigenvalue weighted by Gasteiger charge is -2.18. The van der Waals surface area contributed by atoms with E-state index < -0.39 is 0 Å². The van der Waals surface area contributed by atoms with E-state index in [2.05, 4.69) is 41.4 Å². The van der Waals surface area contributed by atoms with E-state index in [0.29, 0.717) is 12.4 Å². The molecule has 128 valence electrons. The van der Waals surface area contributed by atoms with E-state index in [0.717, 1.165) is 36.0 Å². The molecule has 2 saturated carbocycles. The fraction of sp³-hybridized carbons (Fsp3) is 0.778. The van der Waals surface area contributed by atoms with Gasteiger partial charge < -0.3 is 15.1 Å². The largest absolute Gasteiger partial charge is 0.443 e. The van der Waals surface area contributed by atoms with Gasteiger partial charge in [-0.3, -0.25) is 4.99 Å². The summed E-state index contributed by atoms with van der Waals surface area (Å²) < 4.78 is 5.81. The number of aliphatic imine (C=N–C) groups is 1. The Labute approximate surface area is 139 Å². The van der Waals surface area contributed by atoms with Crippen LogP contribution in [-0.2, 0) is 12.0 Å². The Hall–Kier alpha value is -1.52. The first-order chi connectivity index (χ1) is 11.0. The number of hydrogen-bond acceptors (Lipinski definition) is 3. The van der Waals surface area contributed by atoms with E-state index >= 15 is 0 Å². The molecule has 1 heterocycles. The molecule has 3 rings (SSSR count). The maximum Gasteiger partial charge on any atom is 0.213 e. The number of oxazole rings is 1. The minimum absolute atomic E-state index is 0.00702. The molecule has 0 aromatic carbocycles. The van der Waals surface area contributed by atoms with Gasteiger partial charge in [0.15, 0.2) is 5.96 Å². The van der Waals surface area contributed by atoms with Crippen molar-refractivity contribution in [3.8, 4) is 0 Å². The third-order valence-corrected chi connectivity index (χ3v) is 4.88. The minimum Gasteiger partial charge on any atom is -0.443 e. The zero-order valence-electron chi connectivity index (χ0n) is 14.9. The predicted molar refractivity (Wildman–Crippen MR) is 92.3 cm³/mol. The van der Waals surface area contributed by atoms with Crippen molar-refractivity contribution in [2.24, 2.45) is 22.7 Å². The molecular weight excluding hydrogens is 288 g/mol. The number of nitrogens with zero attached hydrogens (tertiary/aromatic N) is 2. The van der Waals surface area contributed by atoms with Crippen LogP contribution in [0.2, 0.25) is 0 Å². The van der Waals surface area contributed by atoms with Gasteiger partial charge in [-0.05, 0) is 43.4 Å². The molecule has 0 unspecified atom stereocenters. The van der Waals surface area contributed by atoms with Crippen molar-refractivity contribution in [3.05, 3.63) is 17.8 Å². The van der Waals surface area contributed by atoms with E-state index in [1.165, 1.54) is 25.7 Å². The van der Waals surface area contributed by atoms with Gasteiger partial charge in [0.05, 0.1) is 12.7 Å². The van der Waals surface area contributed by atoms with Crippen molar-refractivity contribution in [2.75, 3.05) is 13.6 Å². The molecule has 23 heavy (non-hydrogen) atoms. The smallest absolute Gasteiger partial charge is 0.213 e. The summed E-state index contributed by atoms with van der Waals surface area (Å²) in [6.45, 7) is 7.98. The topological polar surface area (TPSA) is 62.5 Å². The second kappa shape index (κ2) is 6.54. The molecule has 2 aliphatic carbocycles. The Balaban J connectivity index is 1.46. The highest BCUT2D eigenvalue weighted by Crippen LogP contribution is 2.48. The summed E-state index contributed by atoms with van der Waals surface area (Å²) in [5, 5.41) is 6.80. The average molecular weight is 318 g/mol. The summed E-state index contributed by atoms with van der Waals surface area (Å²) in [5.41, 5.74) is -0.00702. The van der Waals surface area contributed by atoms with Gasteiger partial charge in [-0.25, -0.2) is 4.98 Å². The normalized spacial score (nSPS) is 19.3. The molecule has 1 aromatic heterocycles. The van der Waals surface area contributed by atoms with Gasteiger partial charge in [-0.2, -0.15) is 0 Å². The molecular formula is C18H30N4O. The van der Waals surface area contributed by atoms with Crippen LogP contribution in [-0.4, -0.2) is 24.5 Å². The van der Waals surface area contributed by atoms with Crippen LogP contribution in [0.25, 0.3) is 0 Å². The number of hydrogen-bond donors (Lipinski definition) is 2. The standard InChI is InChI=1S/C18H30N4O/c1-18(2,3)15-10-20-16(23-15)11-22-17(19-4)21-9-14(12-5-6-12)13-7-8-13/h10,12-14H,5-9,11H2,1-4H3,(H2,19,21,22). The molecule has 2 aliphatic rings. The van der Waals surface area contributed by atoms with Crippen LogP contribution in [0.15, 0.2) is 15.6 Å². The first-order valence-corrected chi connectivity index (χ1v) is 8.87. The summed E-state index contributed by atoms with van der Waals surface area (Å²) in [6.07, 6.45) is 7.49. The van der Waals surface area contributed by atoms with Crippen molar-refractivity contribution >= 4 is 5.96 Å². The van der Waals surface area contributed by atoms with Crippen molar-refractivity contribution < 1.29 is 4.42 Å². The van der Waals surface area contributed by atoms with Crippen LogP contribution < -0.4 is 10.6 Å². The van der Waals surface area contributed by atoms with Crippen LogP contribution in [0.5, 0.6) is 0 Å². The van der Waals surface area contributed by atoms with Gasteiger partial charge in [0, 0.05) is 19.0 Å². The highest BCUT2D eigenvalue weighted by molar-refractivity contribution is 5.79. The third kappa shape index (κ3) is 4.49. The first kappa shape index (κ1) is 16.3. The Morgan fingerprint density at radius 3 is 2.39 bits per heavy atom. The van der Waals surface area contributed by atoms with Crippen molar-refractivity contribution in [3.63, 3.8) is 0 Å². The van der Waals surface area contributed by atoms with Crippen LogP contribution in [0, 0.1) is 17.8 Å². The minimum atomic E-state index is -0.00702. The fourth-order valence-corrected chi connectivity index (χ4v) is 3.10. The molecule has 0 bridgehead atoms. The van der Waals surface area contributed by atoms with Crippen molar-refractivity contribution in [2.45, 2.75) is 58.4 Å². The molecule has 5 nitrogen and oxygen atoms in total. The van der Waals surface area contributed by atoms with Crippen LogP contribution >= 0.6 is 0 Å². The number of rotatable bonds is 6. The van der Waals surface area contributed by atoms with Crippen molar-refractivity contribution in [1.29, 1.82) is 0 Å². The summed E-state index contributed by atoms with van der Waals surface area (Å²) in [4.78, 5) is 8.66. The lowest BCUT2D eigenvalue weighted by molar-refractivity contribution is 0.378. The van der Waals surface area contributed by atoms with Crippen molar-refractivity contribution in [1.82, 2.24) is 15.6 Å². The van der Waals surface area contributed by atoms with Crippen LogP contribution in [0.3, 0.4) is 0 Å². The first-order valence-electron chi connectivity index (χ1n) is 8.87. The highest BCUT2D eigenvalue weighted by Gasteiger charge is 2.41. The second-order valence-electron chi connectivity index (χ2n) is 8.01. The van der Waals surface area contributed by atoms with Crippen LogP contribution in [0.4, 0.5) is 0 Å². The Morgan fingerprint density at radius 1 is 1.26 bits per heavy atom. The molecule has 1 aromatic rings. The summed E-state index contributed by atoms with van der Waals surface area (Å²) >= 11 is 0. The quantitative estimate of drug-likeness (QED) is 0.625. The second-order valence-corrected chi connectivity index (χ2v) is 8.01. The maximum atomic E-state index is 5.81. The Morgan fingerprint density at radius 2 is 1.91 bits per heavy atom. The van der Waals surface area contributed by atoms with E-state index in [-0.39, 0.29) is 5.41 Å². The van der Waals surface area contributed by atoms with E-state index in [4.69, 9.17) is 4.42 Å². The van der Waals surface area contributed by atoms with E-state index in [9.17, 15) is 0 Å². The lowest BCUT2D eigenvalue weighted by atomic mass is 9.94. The van der Waals surface area contributed by atoms with E-state index in [1.54, 1.807) is 0 Å². The summed E-state index contributed by atoms with van der Waals surface area (Å²) in [5.74, 6) is 5.21. The van der Waals surface area contributed by atoms with Gasteiger partial charge >= 0.3 is 0 Å². The SMILES string of the molecule is CN=C(NCc1ncc(C(C)(C)C)o1)NCC(C1CC1)C1CC1. The molecule has 0 saturated heterocycles. The molecule has 2 N–H and O–H groups in total. The van der Waals surface area contributed by atoms with Crippen LogP contribution in [0.1, 0.15) is 58.1 Å². The zero-order chi connectivity index (χ0) is 16.4. The van der Waals surface area contributed by atoms with Gasteiger partial charge in [-0.1, -0.05) is 20.8 Å². The maximum absolute atomic E-state index is 5.81. The highest BCUT2D eigenvalue weighted by atomic mass is 16.4. The van der Waals surface area contributed by atoms with Gasteiger partial charge in [0.2, 0.25) is 5.89 Å². The number of aromatic nitrogens is 1. The third-order valence-electron chi connectivity index (χ3n) is 4.88. The molecule has 0 atom stereocenters. The van der Waals surface area contributed by atoms with E-state index in [1.807, 2.05) is 13.2 Å². The predicted octanol–water partition coefficient (Wildman–Crippen LogP) is 3.07.